The highest BCUT2D eigenvalue weighted by Gasteiger charge is 2.61. The van der Waals surface area contributed by atoms with Crippen molar-refractivity contribution in [2.24, 2.45) is 23.7 Å². The molecule has 27 heavy (non-hydrogen) atoms. The van der Waals surface area contributed by atoms with Gasteiger partial charge in [-0.15, -0.1) is 11.3 Å². The summed E-state index contributed by atoms with van der Waals surface area (Å²) in [5, 5.41) is 5.15. The second kappa shape index (κ2) is 6.14. The number of fused-ring (bicyclic) bond motifs is 5. The van der Waals surface area contributed by atoms with Crippen LogP contribution in [0, 0.1) is 23.7 Å². The van der Waals surface area contributed by atoms with Gasteiger partial charge >= 0.3 is 0 Å². The van der Waals surface area contributed by atoms with Gasteiger partial charge in [-0.2, -0.15) is 0 Å². The molecule has 1 aliphatic heterocycles. The summed E-state index contributed by atoms with van der Waals surface area (Å²) in [5.74, 6) is -0.436. The lowest BCUT2D eigenvalue weighted by Gasteiger charge is -2.19. The van der Waals surface area contributed by atoms with Gasteiger partial charge in [0, 0.05) is 11.6 Å². The van der Waals surface area contributed by atoms with Crippen LogP contribution in [-0.2, 0) is 9.59 Å². The minimum absolute atomic E-state index is 0.134. The fraction of sp³-hybridized carbons (Fsp3) is 0.368. The average Bonchev–Trinajstić information content (AvgIpc) is 3.41. The quantitative estimate of drug-likeness (QED) is 0.797. The molecule has 0 spiro atoms. The molecule has 3 aliphatic rings. The van der Waals surface area contributed by atoms with Gasteiger partial charge in [0.05, 0.1) is 28.1 Å². The highest BCUT2D eigenvalue weighted by molar-refractivity contribution is 7.13. The highest BCUT2D eigenvalue weighted by atomic mass is 35.5. The number of rotatable bonds is 3. The van der Waals surface area contributed by atoms with Gasteiger partial charge in [0.25, 0.3) is 5.91 Å². The zero-order valence-corrected chi connectivity index (χ0v) is 15.8. The summed E-state index contributed by atoms with van der Waals surface area (Å²) >= 11 is 7.49. The summed E-state index contributed by atoms with van der Waals surface area (Å²) in [6, 6.07) is 4.70. The number of amides is 3. The third kappa shape index (κ3) is 2.52. The number of imide groups is 1. The maximum absolute atomic E-state index is 13.0. The van der Waals surface area contributed by atoms with Crippen molar-refractivity contribution >= 4 is 51.5 Å². The first-order valence-electron chi connectivity index (χ1n) is 8.93. The van der Waals surface area contributed by atoms with Crippen LogP contribution in [0.2, 0.25) is 5.02 Å². The minimum Gasteiger partial charge on any atom is -0.298 e. The third-order valence-corrected chi connectivity index (χ3v) is 7.05. The lowest BCUT2D eigenvalue weighted by Crippen LogP contribution is -2.33. The summed E-state index contributed by atoms with van der Waals surface area (Å²) in [7, 11) is 0. The first kappa shape index (κ1) is 16.9. The molecule has 6 nitrogen and oxygen atoms in total. The van der Waals surface area contributed by atoms with Crippen molar-refractivity contribution in [1.29, 1.82) is 0 Å². The number of anilines is 2. The molecule has 0 unspecified atom stereocenters. The number of carbonyl (C=O) groups excluding carboxylic acids is 3. The van der Waals surface area contributed by atoms with E-state index in [9.17, 15) is 14.4 Å². The van der Waals surface area contributed by atoms with Crippen LogP contribution < -0.4 is 10.2 Å². The zero-order valence-electron chi connectivity index (χ0n) is 14.2. The van der Waals surface area contributed by atoms with E-state index in [4.69, 9.17) is 11.6 Å². The molecule has 1 aromatic carbocycles. The third-order valence-electron chi connectivity index (χ3n) is 6.03. The number of hydrogen-bond donors (Lipinski definition) is 1. The van der Waals surface area contributed by atoms with Gasteiger partial charge in [0.15, 0.2) is 5.13 Å². The van der Waals surface area contributed by atoms with Gasteiger partial charge in [-0.25, -0.2) is 4.98 Å². The Morgan fingerprint density at radius 2 is 1.89 bits per heavy atom. The Morgan fingerprint density at radius 1 is 1.19 bits per heavy atom. The Kier molecular flexibility index (Phi) is 3.84. The Morgan fingerprint density at radius 3 is 2.52 bits per heavy atom. The van der Waals surface area contributed by atoms with Crippen molar-refractivity contribution in [2.75, 3.05) is 10.2 Å². The van der Waals surface area contributed by atoms with Crippen molar-refractivity contribution in [1.82, 2.24) is 4.98 Å². The molecule has 2 aliphatic carbocycles. The first-order chi connectivity index (χ1) is 13.0. The number of aromatic nitrogens is 1. The van der Waals surface area contributed by atoms with Gasteiger partial charge in [0.2, 0.25) is 11.8 Å². The van der Waals surface area contributed by atoms with Crippen LogP contribution in [0.5, 0.6) is 0 Å². The number of nitrogens with zero attached hydrogens (tertiary/aromatic N) is 2. The van der Waals surface area contributed by atoms with E-state index in [2.05, 4.69) is 10.3 Å². The van der Waals surface area contributed by atoms with E-state index >= 15 is 0 Å². The molecular weight excluding hydrogens is 386 g/mol. The summed E-state index contributed by atoms with van der Waals surface area (Å²) in [6.07, 6.45) is 4.64. The Hall–Kier alpha value is -2.25. The molecule has 1 N–H and O–H groups in total. The molecule has 2 bridgehead atoms. The molecule has 4 atom stereocenters. The van der Waals surface area contributed by atoms with E-state index in [0.29, 0.717) is 22.7 Å². The van der Waals surface area contributed by atoms with E-state index < -0.39 is 5.91 Å². The molecule has 138 valence electrons. The van der Waals surface area contributed by atoms with Crippen LogP contribution in [0.3, 0.4) is 0 Å². The van der Waals surface area contributed by atoms with Gasteiger partial charge < -0.3 is 0 Å². The average molecular weight is 402 g/mol. The molecule has 3 amide bonds. The van der Waals surface area contributed by atoms with E-state index in [1.165, 1.54) is 22.3 Å². The summed E-state index contributed by atoms with van der Waals surface area (Å²) < 4.78 is 0. The second-order valence-electron chi connectivity index (χ2n) is 7.35. The number of halogens is 1. The second-order valence-corrected chi connectivity index (χ2v) is 8.65. The van der Waals surface area contributed by atoms with Gasteiger partial charge in [0.1, 0.15) is 0 Å². The molecule has 2 heterocycles. The topological polar surface area (TPSA) is 79.4 Å². The molecule has 0 radical (unpaired) electrons. The first-order valence-corrected chi connectivity index (χ1v) is 10.2. The molecule has 5 rings (SSSR count). The maximum Gasteiger partial charge on any atom is 0.259 e. The van der Waals surface area contributed by atoms with Gasteiger partial charge in [-0.05, 0) is 49.3 Å². The van der Waals surface area contributed by atoms with Crippen molar-refractivity contribution in [2.45, 2.75) is 19.3 Å². The fourth-order valence-corrected chi connectivity index (χ4v) is 5.67. The number of nitrogens with one attached hydrogen (secondary N) is 1. The predicted molar refractivity (Wildman–Crippen MR) is 102 cm³/mol. The smallest absolute Gasteiger partial charge is 0.259 e. The van der Waals surface area contributed by atoms with Crippen molar-refractivity contribution in [3.05, 3.63) is 40.4 Å². The van der Waals surface area contributed by atoms with E-state index in [1.54, 1.807) is 23.7 Å². The molecule has 8 heteroatoms. The van der Waals surface area contributed by atoms with Crippen LogP contribution >= 0.6 is 22.9 Å². The SMILES string of the molecule is O=C(Nc1nccs1)c1cc(N2C(=O)[C@H]3[C@H]4CC[C@@H](C4)[C@@H]3C2=O)ccc1Cl. The lowest BCUT2D eigenvalue weighted by molar-refractivity contribution is -0.123. The molecule has 2 aromatic rings. The standard InChI is InChI=1S/C19H16ClN3O3S/c20-13-4-3-11(8-12(13)16(24)22-19-21-5-6-27-19)23-17(25)14-9-1-2-10(7-9)15(14)18(23)26/h3-6,8-10,14-15H,1-2,7H2,(H,21,22,24)/t9-,10-,14-,15-/m0/s1. The van der Waals surface area contributed by atoms with Crippen LogP contribution in [0.1, 0.15) is 29.6 Å². The van der Waals surface area contributed by atoms with Crippen LogP contribution in [0.25, 0.3) is 0 Å². The molecule has 1 saturated heterocycles. The monoisotopic (exact) mass is 401 g/mol. The van der Waals surface area contributed by atoms with Crippen LogP contribution in [0.15, 0.2) is 29.8 Å². The number of hydrogen-bond acceptors (Lipinski definition) is 5. The Bertz CT molecular complexity index is 933. The highest BCUT2D eigenvalue weighted by Crippen LogP contribution is 2.56. The number of thiazole rings is 1. The summed E-state index contributed by atoms with van der Waals surface area (Å²) in [5.41, 5.74) is 0.623. The summed E-state index contributed by atoms with van der Waals surface area (Å²) in [6.45, 7) is 0. The molecule has 2 saturated carbocycles. The van der Waals surface area contributed by atoms with Gasteiger partial charge in [-0.1, -0.05) is 11.6 Å². The van der Waals surface area contributed by atoms with Crippen molar-refractivity contribution in [3.8, 4) is 0 Å². The Balaban J connectivity index is 1.47. The minimum atomic E-state index is -0.420. The van der Waals surface area contributed by atoms with Crippen molar-refractivity contribution < 1.29 is 14.4 Å². The zero-order chi connectivity index (χ0) is 18.7. The predicted octanol–water partition coefficient (Wildman–Crippen LogP) is 3.58. The van der Waals surface area contributed by atoms with Crippen molar-refractivity contribution in [3.63, 3.8) is 0 Å². The Labute approximate surface area is 164 Å². The molecular formula is C19H16ClN3O3S. The number of benzene rings is 1. The summed E-state index contributed by atoms with van der Waals surface area (Å²) in [4.78, 5) is 43.8. The van der Waals surface area contributed by atoms with E-state index in [1.807, 2.05) is 0 Å². The lowest BCUT2D eigenvalue weighted by atomic mass is 9.81. The largest absolute Gasteiger partial charge is 0.298 e. The molecule has 1 aromatic heterocycles. The van der Waals surface area contributed by atoms with Crippen LogP contribution in [-0.4, -0.2) is 22.7 Å². The van der Waals surface area contributed by atoms with Gasteiger partial charge in [-0.3, -0.25) is 24.6 Å². The molecule has 3 fully saturated rings. The maximum atomic E-state index is 13.0. The fourth-order valence-electron chi connectivity index (χ4n) is 4.94. The van der Waals surface area contributed by atoms with Crippen LogP contribution in [0.4, 0.5) is 10.8 Å². The van der Waals surface area contributed by atoms with E-state index in [-0.39, 0.29) is 34.2 Å². The number of carbonyl (C=O) groups is 3. The van der Waals surface area contributed by atoms with E-state index in [0.717, 1.165) is 19.3 Å². The normalized spacial score (nSPS) is 28.7.